The maximum absolute atomic E-state index is 14.2. The lowest BCUT2D eigenvalue weighted by Crippen LogP contribution is -2.17. The van der Waals surface area contributed by atoms with Crippen molar-refractivity contribution in [1.82, 2.24) is 4.98 Å². The largest absolute Gasteiger partial charge is 0.435 e. The fourth-order valence-electron chi connectivity index (χ4n) is 1.96. The van der Waals surface area contributed by atoms with Crippen LogP contribution in [0.2, 0.25) is 0 Å². The van der Waals surface area contributed by atoms with E-state index >= 15 is 0 Å². The van der Waals surface area contributed by atoms with E-state index < -0.39 is 18.2 Å². The van der Waals surface area contributed by atoms with Crippen LogP contribution in [-0.2, 0) is 12.3 Å². The number of nitrogens with zero attached hydrogens (tertiary/aromatic N) is 1. The van der Waals surface area contributed by atoms with Crippen LogP contribution in [-0.4, -0.2) is 4.98 Å². The zero-order valence-electron chi connectivity index (χ0n) is 10.3. The molecule has 0 aliphatic heterocycles. The molecule has 0 bridgehead atoms. The highest BCUT2D eigenvalue weighted by atomic mass is 79.9. The molecule has 2 nitrogen and oxygen atoms in total. The molecular weight excluding hydrogens is 328 g/mol. The highest BCUT2D eigenvalue weighted by molar-refractivity contribution is 9.10. The van der Waals surface area contributed by atoms with Crippen molar-refractivity contribution in [3.8, 4) is 0 Å². The van der Waals surface area contributed by atoms with Gasteiger partial charge in [0.25, 0.3) is 5.89 Å². The Balaban J connectivity index is 1.92. The maximum Gasteiger partial charge on any atom is 0.326 e. The number of oxazole rings is 1. The second kappa shape index (κ2) is 4.98. The van der Waals surface area contributed by atoms with Crippen LogP contribution in [0.3, 0.4) is 0 Å². The summed E-state index contributed by atoms with van der Waals surface area (Å²) < 4.78 is 34.4. The second-order valence-electron chi connectivity index (χ2n) is 4.49. The summed E-state index contributed by atoms with van der Waals surface area (Å²) in [7, 11) is 0. The van der Waals surface area contributed by atoms with Gasteiger partial charge in [0.2, 0.25) is 0 Å². The molecule has 5 heteroatoms. The van der Waals surface area contributed by atoms with Crippen LogP contribution in [0.5, 0.6) is 0 Å². The summed E-state index contributed by atoms with van der Waals surface area (Å²) in [6.45, 7) is 0. The summed E-state index contributed by atoms with van der Waals surface area (Å²) in [5, 5.41) is 0. The molecule has 1 heterocycles. The van der Waals surface area contributed by atoms with Crippen molar-refractivity contribution in [3.63, 3.8) is 0 Å². The Labute approximate surface area is 122 Å². The lowest BCUT2D eigenvalue weighted by molar-refractivity contribution is -0.0293. The predicted octanol–water partition coefficient (Wildman–Crippen LogP) is 4.92. The lowest BCUT2D eigenvalue weighted by atomic mass is 10.1. The highest BCUT2D eigenvalue weighted by Gasteiger charge is 2.37. The third-order valence-electron chi connectivity index (χ3n) is 2.95. The fraction of sp³-hybridized carbons (Fsp3) is 0.133. The molecule has 0 aliphatic rings. The topological polar surface area (TPSA) is 26.0 Å². The zero-order valence-corrected chi connectivity index (χ0v) is 11.9. The van der Waals surface area contributed by atoms with E-state index in [1.807, 2.05) is 0 Å². The molecule has 0 aliphatic carbocycles. The first-order valence-electron chi connectivity index (χ1n) is 6.03. The molecule has 20 heavy (non-hydrogen) atoms. The lowest BCUT2D eigenvalue weighted by Gasteiger charge is -2.12. The molecule has 0 amide bonds. The van der Waals surface area contributed by atoms with Crippen LogP contribution in [0.15, 0.2) is 57.4 Å². The minimum atomic E-state index is -3.13. The monoisotopic (exact) mass is 337 g/mol. The van der Waals surface area contributed by atoms with Crippen LogP contribution < -0.4 is 0 Å². The molecule has 0 N–H and O–H groups in total. The van der Waals surface area contributed by atoms with Crippen molar-refractivity contribution >= 4 is 27.0 Å². The first-order valence-corrected chi connectivity index (χ1v) is 6.82. The van der Waals surface area contributed by atoms with Crippen molar-refractivity contribution in [2.24, 2.45) is 0 Å². The average Bonchev–Trinajstić information content (AvgIpc) is 2.86. The summed E-state index contributed by atoms with van der Waals surface area (Å²) in [4.78, 5) is 3.87. The quantitative estimate of drug-likeness (QED) is 0.677. The summed E-state index contributed by atoms with van der Waals surface area (Å²) in [5.74, 6) is -3.67. The van der Waals surface area contributed by atoms with Gasteiger partial charge in [-0.1, -0.05) is 40.2 Å². The molecule has 0 fully saturated rings. The molecule has 3 aromatic rings. The number of alkyl halides is 2. The van der Waals surface area contributed by atoms with E-state index in [1.54, 1.807) is 48.5 Å². The average molecular weight is 338 g/mol. The van der Waals surface area contributed by atoms with Gasteiger partial charge in [-0.15, -0.1) is 0 Å². The third-order valence-corrected chi connectivity index (χ3v) is 3.47. The molecule has 0 atom stereocenters. The maximum atomic E-state index is 14.2. The molecule has 0 saturated heterocycles. The van der Waals surface area contributed by atoms with Crippen molar-refractivity contribution < 1.29 is 13.2 Å². The molecule has 0 saturated carbocycles. The number of benzene rings is 2. The van der Waals surface area contributed by atoms with Crippen molar-refractivity contribution in [2.75, 3.05) is 0 Å². The van der Waals surface area contributed by atoms with Gasteiger partial charge in [0.1, 0.15) is 5.52 Å². The van der Waals surface area contributed by atoms with E-state index in [9.17, 15) is 8.78 Å². The van der Waals surface area contributed by atoms with Crippen LogP contribution >= 0.6 is 15.9 Å². The first-order chi connectivity index (χ1) is 9.54. The number of hydrogen-bond acceptors (Lipinski definition) is 2. The fourth-order valence-corrected chi connectivity index (χ4v) is 2.23. The van der Waals surface area contributed by atoms with E-state index in [4.69, 9.17) is 4.42 Å². The van der Waals surface area contributed by atoms with E-state index in [0.29, 0.717) is 16.7 Å². The van der Waals surface area contributed by atoms with Gasteiger partial charge in [-0.25, -0.2) is 4.98 Å². The Morgan fingerprint density at radius 1 is 1.05 bits per heavy atom. The van der Waals surface area contributed by atoms with Crippen LogP contribution in [0.25, 0.3) is 11.1 Å². The Hall–Kier alpha value is -1.75. The van der Waals surface area contributed by atoms with Crippen LogP contribution in [0, 0.1) is 0 Å². The van der Waals surface area contributed by atoms with E-state index in [0.717, 1.165) is 4.47 Å². The van der Waals surface area contributed by atoms with Gasteiger partial charge in [-0.05, 0) is 29.8 Å². The summed E-state index contributed by atoms with van der Waals surface area (Å²) in [6.07, 6.45) is -0.437. The molecule has 2 aromatic carbocycles. The zero-order chi connectivity index (χ0) is 14.2. The Bertz CT molecular complexity index is 704. The van der Waals surface area contributed by atoms with Gasteiger partial charge in [0, 0.05) is 10.9 Å². The molecule has 0 radical (unpaired) electrons. The van der Waals surface area contributed by atoms with Gasteiger partial charge in [-0.3, -0.25) is 0 Å². The molecule has 102 valence electrons. The third kappa shape index (κ3) is 2.58. The summed E-state index contributed by atoms with van der Waals surface area (Å²) in [6, 6.07) is 13.5. The van der Waals surface area contributed by atoms with E-state index in [2.05, 4.69) is 20.9 Å². The molecule has 3 rings (SSSR count). The number of fused-ring (bicyclic) bond motifs is 1. The number of halogens is 3. The van der Waals surface area contributed by atoms with Gasteiger partial charge in [0.05, 0.1) is 0 Å². The van der Waals surface area contributed by atoms with Crippen molar-refractivity contribution in [3.05, 3.63) is 64.5 Å². The van der Waals surface area contributed by atoms with Gasteiger partial charge < -0.3 is 4.42 Å². The summed E-state index contributed by atoms with van der Waals surface area (Å²) in [5.41, 5.74) is 1.34. The standard InChI is InChI=1S/C15H10BrF2NO/c16-11-7-5-10(6-8-11)9-15(17,18)14-19-12-3-1-2-4-13(12)20-14/h1-8H,9H2. The second-order valence-corrected chi connectivity index (χ2v) is 5.41. The molecular formula is C15H10BrF2NO. The van der Waals surface area contributed by atoms with E-state index in [-0.39, 0.29) is 0 Å². The Morgan fingerprint density at radius 2 is 1.75 bits per heavy atom. The highest BCUT2D eigenvalue weighted by Crippen LogP contribution is 2.33. The minimum absolute atomic E-state index is 0.373. The molecule has 1 aromatic heterocycles. The summed E-state index contributed by atoms with van der Waals surface area (Å²) >= 11 is 3.27. The SMILES string of the molecule is FC(F)(Cc1ccc(Br)cc1)c1nc2ccccc2o1. The van der Waals surface area contributed by atoms with Crippen LogP contribution in [0.4, 0.5) is 8.78 Å². The van der Waals surface area contributed by atoms with Crippen molar-refractivity contribution in [2.45, 2.75) is 12.3 Å². The van der Waals surface area contributed by atoms with Crippen molar-refractivity contribution in [1.29, 1.82) is 0 Å². The first kappa shape index (κ1) is 13.2. The number of para-hydroxylation sites is 2. The minimum Gasteiger partial charge on any atom is -0.435 e. The van der Waals surface area contributed by atoms with Gasteiger partial charge in [-0.2, -0.15) is 8.78 Å². The number of aromatic nitrogens is 1. The Morgan fingerprint density at radius 3 is 2.45 bits per heavy atom. The molecule has 0 spiro atoms. The van der Waals surface area contributed by atoms with E-state index in [1.165, 1.54) is 0 Å². The number of rotatable bonds is 3. The van der Waals surface area contributed by atoms with Gasteiger partial charge in [0.15, 0.2) is 5.58 Å². The Kier molecular flexibility index (Phi) is 3.30. The predicted molar refractivity (Wildman–Crippen MR) is 75.7 cm³/mol. The number of hydrogen-bond donors (Lipinski definition) is 0. The smallest absolute Gasteiger partial charge is 0.326 e. The normalized spacial score (nSPS) is 11.9. The van der Waals surface area contributed by atoms with Gasteiger partial charge >= 0.3 is 5.92 Å². The van der Waals surface area contributed by atoms with Crippen LogP contribution in [0.1, 0.15) is 11.5 Å². The molecule has 0 unspecified atom stereocenters.